The van der Waals surface area contributed by atoms with Crippen molar-refractivity contribution in [1.29, 1.82) is 0 Å². The molecule has 0 spiro atoms. The average Bonchev–Trinajstić information content (AvgIpc) is 3.16. The SMILES string of the molecule is CCOc1cc(CNCCCSc2nnnn2C)cc(Cl)c1OCc1ccccc1F.Cl. The van der Waals surface area contributed by atoms with Gasteiger partial charge >= 0.3 is 0 Å². The molecule has 174 valence electrons. The minimum Gasteiger partial charge on any atom is -0.490 e. The molecule has 3 aromatic rings. The lowest BCUT2D eigenvalue weighted by molar-refractivity contribution is 0.266. The first-order chi connectivity index (χ1) is 15.1. The van der Waals surface area contributed by atoms with Gasteiger partial charge < -0.3 is 14.8 Å². The van der Waals surface area contributed by atoms with Crippen LogP contribution < -0.4 is 14.8 Å². The minimum atomic E-state index is -0.314. The van der Waals surface area contributed by atoms with Crippen molar-refractivity contribution in [1.82, 2.24) is 25.5 Å². The largest absolute Gasteiger partial charge is 0.490 e. The number of nitrogens with one attached hydrogen (secondary N) is 1. The summed E-state index contributed by atoms with van der Waals surface area (Å²) in [4.78, 5) is 0. The number of hydrogen-bond donors (Lipinski definition) is 1. The molecule has 0 saturated heterocycles. The van der Waals surface area contributed by atoms with E-state index in [1.165, 1.54) is 6.07 Å². The lowest BCUT2D eigenvalue weighted by Gasteiger charge is -2.16. The summed E-state index contributed by atoms with van der Waals surface area (Å²) in [6.45, 7) is 3.92. The van der Waals surface area contributed by atoms with Gasteiger partial charge in [0.05, 0.1) is 11.6 Å². The summed E-state index contributed by atoms with van der Waals surface area (Å²) in [5.74, 6) is 1.57. The van der Waals surface area contributed by atoms with Crippen LogP contribution in [0.15, 0.2) is 41.6 Å². The highest BCUT2D eigenvalue weighted by Gasteiger charge is 2.14. The number of ether oxygens (including phenoxy) is 2. The van der Waals surface area contributed by atoms with Gasteiger partial charge in [-0.3, -0.25) is 0 Å². The molecule has 0 fully saturated rings. The molecule has 0 unspecified atom stereocenters. The van der Waals surface area contributed by atoms with E-state index in [2.05, 4.69) is 20.8 Å². The molecule has 11 heteroatoms. The molecule has 2 aromatic carbocycles. The molecule has 0 atom stereocenters. The fourth-order valence-electron chi connectivity index (χ4n) is 2.83. The number of aromatic nitrogens is 4. The first-order valence-electron chi connectivity index (χ1n) is 9.95. The molecule has 0 aliphatic heterocycles. The van der Waals surface area contributed by atoms with E-state index >= 15 is 0 Å². The topological polar surface area (TPSA) is 74.1 Å². The Morgan fingerprint density at radius 3 is 2.75 bits per heavy atom. The van der Waals surface area contributed by atoms with E-state index < -0.39 is 0 Å². The second-order valence-corrected chi connectivity index (χ2v) is 8.15. The van der Waals surface area contributed by atoms with Crippen LogP contribution in [0.2, 0.25) is 5.02 Å². The van der Waals surface area contributed by atoms with Gasteiger partial charge in [0.25, 0.3) is 0 Å². The average molecular weight is 502 g/mol. The van der Waals surface area contributed by atoms with Gasteiger partial charge in [0, 0.05) is 24.9 Å². The van der Waals surface area contributed by atoms with E-state index in [-0.39, 0.29) is 24.8 Å². The van der Waals surface area contributed by atoms with Gasteiger partial charge in [-0.05, 0) is 54.1 Å². The van der Waals surface area contributed by atoms with Gasteiger partial charge in [-0.2, -0.15) is 0 Å². The molecule has 1 N–H and O–H groups in total. The van der Waals surface area contributed by atoms with Crippen LogP contribution in [0, 0.1) is 5.82 Å². The first kappa shape index (κ1) is 26.2. The van der Waals surface area contributed by atoms with Crippen molar-refractivity contribution in [2.24, 2.45) is 7.05 Å². The summed E-state index contributed by atoms with van der Waals surface area (Å²) < 4.78 is 27.1. The number of thioether (sulfide) groups is 1. The second-order valence-electron chi connectivity index (χ2n) is 6.68. The van der Waals surface area contributed by atoms with E-state index in [9.17, 15) is 4.39 Å². The van der Waals surface area contributed by atoms with Crippen LogP contribution in [0.3, 0.4) is 0 Å². The quantitative estimate of drug-likeness (QED) is 0.285. The molecule has 1 heterocycles. The Labute approximate surface area is 202 Å². The third-order valence-corrected chi connectivity index (χ3v) is 5.72. The van der Waals surface area contributed by atoms with Gasteiger partial charge in [-0.1, -0.05) is 41.6 Å². The van der Waals surface area contributed by atoms with Crippen LogP contribution >= 0.6 is 35.8 Å². The van der Waals surface area contributed by atoms with Crippen LogP contribution in [-0.4, -0.2) is 39.1 Å². The van der Waals surface area contributed by atoms with Crippen molar-refractivity contribution in [3.05, 3.63) is 58.4 Å². The molecule has 0 aliphatic rings. The highest BCUT2D eigenvalue weighted by Crippen LogP contribution is 2.37. The standard InChI is InChI=1S/C21H25ClFN5O2S.ClH/c1-3-29-19-12-15(13-24-9-6-10-31-21-25-26-27-28(21)2)11-17(22)20(19)30-14-16-7-4-5-8-18(16)23;/h4-5,7-8,11-12,24H,3,6,9-10,13-14H2,1-2H3;1H. The highest BCUT2D eigenvalue weighted by molar-refractivity contribution is 7.99. The summed E-state index contributed by atoms with van der Waals surface area (Å²) in [5.41, 5.74) is 1.44. The lowest BCUT2D eigenvalue weighted by atomic mass is 10.2. The fraction of sp³-hybridized carbons (Fsp3) is 0.381. The van der Waals surface area contributed by atoms with Crippen molar-refractivity contribution in [2.45, 2.75) is 31.7 Å². The van der Waals surface area contributed by atoms with Crippen molar-refractivity contribution >= 4 is 35.8 Å². The first-order valence-corrected chi connectivity index (χ1v) is 11.3. The Morgan fingerprint density at radius 2 is 2.03 bits per heavy atom. The zero-order valence-electron chi connectivity index (χ0n) is 17.9. The molecule has 0 aliphatic carbocycles. The Balaban J connectivity index is 0.00000363. The Bertz CT molecular complexity index is 993. The Hall–Kier alpha value is -2.07. The highest BCUT2D eigenvalue weighted by atomic mass is 35.5. The maximum atomic E-state index is 13.9. The molecule has 1 aromatic heterocycles. The van der Waals surface area contributed by atoms with Crippen LogP contribution in [0.1, 0.15) is 24.5 Å². The smallest absolute Gasteiger partial charge is 0.209 e. The fourth-order valence-corrected chi connectivity index (χ4v) is 3.91. The van der Waals surface area contributed by atoms with Crippen LogP contribution in [0.5, 0.6) is 11.5 Å². The Kier molecular flexibility index (Phi) is 11.0. The van der Waals surface area contributed by atoms with E-state index in [4.69, 9.17) is 21.1 Å². The van der Waals surface area contributed by atoms with Gasteiger partial charge in [-0.25, -0.2) is 9.07 Å². The summed E-state index contributed by atoms with van der Waals surface area (Å²) in [7, 11) is 1.82. The summed E-state index contributed by atoms with van der Waals surface area (Å²) >= 11 is 8.08. The van der Waals surface area contributed by atoms with E-state index in [0.29, 0.717) is 35.2 Å². The molecule has 3 rings (SSSR count). The number of hydrogen-bond acceptors (Lipinski definition) is 7. The molecule has 0 saturated carbocycles. The van der Waals surface area contributed by atoms with Crippen LogP contribution in [0.4, 0.5) is 4.39 Å². The number of aryl methyl sites for hydroxylation is 1. The number of tetrazole rings is 1. The van der Waals surface area contributed by atoms with E-state index in [1.54, 1.807) is 34.6 Å². The lowest BCUT2D eigenvalue weighted by Crippen LogP contribution is -2.15. The second kappa shape index (κ2) is 13.5. The summed E-state index contributed by atoms with van der Waals surface area (Å²) in [6.07, 6.45) is 0.966. The van der Waals surface area contributed by atoms with Crippen LogP contribution in [0.25, 0.3) is 0 Å². The maximum Gasteiger partial charge on any atom is 0.209 e. The van der Waals surface area contributed by atoms with Gasteiger partial charge in [0.15, 0.2) is 11.5 Å². The minimum absolute atomic E-state index is 0. The molecule has 0 radical (unpaired) electrons. The zero-order valence-corrected chi connectivity index (χ0v) is 20.3. The molecule has 0 bridgehead atoms. The Morgan fingerprint density at radius 1 is 1.22 bits per heavy atom. The number of benzene rings is 2. The third kappa shape index (κ3) is 7.51. The zero-order chi connectivity index (χ0) is 22.1. The number of rotatable bonds is 12. The van der Waals surface area contributed by atoms with Gasteiger partial charge in [0.2, 0.25) is 5.16 Å². The summed E-state index contributed by atoms with van der Waals surface area (Å²) in [6, 6.07) is 10.2. The van der Waals surface area contributed by atoms with Crippen molar-refractivity contribution in [3.8, 4) is 11.5 Å². The third-order valence-electron chi connectivity index (χ3n) is 4.34. The van der Waals surface area contributed by atoms with Crippen molar-refractivity contribution in [2.75, 3.05) is 18.9 Å². The summed E-state index contributed by atoms with van der Waals surface area (Å²) in [5, 5.41) is 16.0. The molecule has 32 heavy (non-hydrogen) atoms. The van der Waals surface area contributed by atoms with Gasteiger partial charge in [0.1, 0.15) is 12.4 Å². The molecule has 0 amide bonds. The maximum absolute atomic E-state index is 13.9. The normalized spacial score (nSPS) is 10.6. The van der Waals surface area contributed by atoms with E-state index in [1.807, 2.05) is 26.1 Å². The molecule has 7 nitrogen and oxygen atoms in total. The predicted molar refractivity (Wildman–Crippen MR) is 126 cm³/mol. The van der Waals surface area contributed by atoms with Crippen molar-refractivity contribution < 1.29 is 13.9 Å². The van der Waals surface area contributed by atoms with Crippen molar-refractivity contribution in [3.63, 3.8) is 0 Å². The predicted octanol–water partition coefficient (Wildman–Crippen LogP) is 4.67. The van der Waals surface area contributed by atoms with Crippen LogP contribution in [-0.2, 0) is 20.2 Å². The monoisotopic (exact) mass is 501 g/mol. The molecular formula is C21H26Cl2FN5O2S. The molecular weight excluding hydrogens is 476 g/mol. The van der Waals surface area contributed by atoms with E-state index in [0.717, 1.165) is 29.4 Å². The number of halogens is 3. The number of nitrogens with zero attached hydrogens (tertiary/aromatic N) is 4. The van der Waals surface area contributed by atoms with Gasteiger partial charge in [-0.15, -0.1) is 17.5 Å².